The van der Waals surface area contributed by atoms with Gasteiger partial charge in [0.05, 0.1) is 22.9 Å². The zero-order chi connectivity index (χ0) is 16.2. The third-order valence-corrected chi connectivity index (χ3v) is 4.34. The predicted octanol–water partition coefficient (Wildman–Crippen LogP) is 4.13. The van der Waals surface area contributed by atoms with Crippen molar-refractivity contribution in [1.29, 1.82) is 0 Å². The van der Waals surface area contributed by atoms with Gasteiger partial charge >= 0.3 is 0 Å². The Morgan fingerprint density at radius 1 is 1.39 bits per heavy atom. The molecule has 1 aliphatic rings. The Hall–Kier alpha value is -2.01. The third kappa shape index (κ3) is 3.67. The molecule has 0 radical (unpaired) electrons. The van der Waals surface area contributed by atoms with Crippen LogP contribution in [0.2, 0.25) is 5.02 Å². The molecule has 0 saturated carbocycles. The summed E-state index contributed by atoms with van der Waals surface area (Å²) in [6, 6.07) is 5.35. The second-order valence-corrected chi connectivity index (χ2v) is 6.20. The van der Waals surface area contributed by atoms with Crippen LogP contribution in [-0.4, -0.2) is 28.9 Å². The number of rotatable bonds is 4. The van der Waals surface area contributed by atoms with Gasteiger partial charge in [0.2, 0.25) is 0 Å². The summed E-state index contributed by atoms with van der Waals surface area (Å²) < 4.78 is 5.35. The third-order valence-electron chi connectivity index (χ3n) is 4.05. The summed E-state index contributed by atoms with van der Waals surface area (Å²) in [7, 11) is 0. The molecular weight excluding hydrogens is 314 g/mol. The molecule has 5 nitrogen and oxygen atoms in total. The Kier molecular flexibility index (Phi) is 4.86. The van der Waals surface area contributed by atoms with Crippen molar-refractivity contribution in [2.75, 3.05) is 18.4 Å². The maximum atomic E-state index is 12.5. The summed E-state index contributed by atoms with van der Waals surface area (Å²) in [6.07, 6.45) is 6.53. The zero-order valence-electron chi connectivity index (χ0n) is 13.1. The van der Waals surface area contributed by atoms with Crippen molar-refractivity contribution in [3.63, 3.8) is 0 Å². The van der Waals surface area contributed by atoms with Crippen molar-refractivity contribution in [2.45, 2.75) is 32.2 Å². The van der Waals surface area contributed by atoms with Crippen molar-refractivity contribution in [3.05, 3.63) is 47.0 Å². The monoisotopic (exact) mass is 333 g/mol. The van der Waals surface area contributed by atoms with Crippen LogP contribution >= 0.6 is 11.6 Å². The minimum atomic E-state index is -0.0568. The quantitative estimate of drug-likeness (QED) is 0.914. The van der Waals surface area contributed by atoms with Gasteiger partial charge in [-0.1, -0.05) is 11.6 Å². The molecule has 0 aliphatic carbocycles. The Morgan fingerprint density at radius 2 is 2.17 bits per heavy atom. The smallest absolute Gasteiger partial charge is 0.255 e. The Bertz CT molecular complexity index is 666. The lowest BCUT2D eigenvalue weighted by atomic mass is 10.1. The van der Waals surface area contributed by atoms with E-state index in [0.717, 1.165) is 31.7 Å². The number of nitrogens with zero attached hydrogens (tertiary/aromatic N) is 2. The fourth-order valence-electron chi connectivity index (χ4n) is 2.75. The molecule has 1 N–H and O–H groups in total. The second kappa shape index (κ2) is 7.04. The number of hydrogen-bond acceptors (Lipinski definition) is 4. The van der Waals surface area contributed by atoms with Gasteiger partial charge in [-0.15, -0.1) is 0 Å². The van der Waals surface area contributed by atoms with Crippen LogP contribution in [0, 0.1) is 0 Å². The highest BCUT2D eigenvalue weighted by Crippen LogP contribution is 2.26. The predicted molar refractivity (Wildman–Crippen MR) is 89.7 cm³/mol. The number of nitrogens with one attached hydrogen (secondary N) is 1. The number of piperidine rings is 1. The summed E-state index contributed by atoms with van der Waals surface area (Å²) in [5.41, 5.74) is 0.535. The lowest BCUT2D eigenvalue weighted by Gasteiger charge is -2.26. The lowest BCUT2D eigenvalue weighted by molar-refractivity contribution is 0.0724. The van der Waals surface area contributed by atoms with Gasteiger partial charge in [0, 0.05) is 19.3 Å². The molecule has 0 spiro atoms. The maximum absolute atomic E-state index is 12.5. The van der Waals surface area contributed by atoms with Gasteiger partial charge in [0.25, 0.3) is 5.91 Å². The van der Waals surface area contributed by atoms with E-state index in [2.05, 4.69) is 10.3 Å². The van der Waals surface area contributed by atoms with Gasteiger partial charge in [-0.3, -0.25) is 4.79 Å². The molecule has 122 valence electrons. The topological polar surface area (TPSA) is 58.4 Å². The SMILES string of the molecule is CC(Nc1ncc(C(=O)N2CCCCC2)cc1Cl)c1ccco1. The van der Waals surface area contributed by atoms with Gasteiger partial charge in [-0.25, -0.2) is 4.98 Å². The second-order valence-electron chi connectivity index (χ2n) is 5.79. The molecule has 3 heterocycles. The van der Waals surface area contributed by atoms with Gasteiger partial charge in [-0.05, 0) is 44.4 Å². The van der Waals surface area contributed by atoms with Crippen LogP contribution in [0.1, 0.15) is 48.3 Å². The summed E-state index contributed by atoms with van der Waals surface area (Å²) in [5.74, 6) is 1.35. The van der Waals surface area contributed by atoms with E-state index in [0.29, 0.717) is 16.4 Å². The molecule has 1 aliphatic heterocycles. The number of likely N-dealkylation sites (tertiary alicyclic amines) is 1. The Balaban J connectivity index is 1.71. The molecule has 1 fully saturated rings. The van der Waals surface area contributed by atoms with Crippen LogP contribution in [0.25, 0.3) is 0 Å². The number of pyridine rings is 1. The first-order chi connectivity index (χ1) is 11.1. The number of anilines is 1. The van der Waals surface area contributed by atoms with Crippen LogP contribution in [0.5, 0.6) is 0 Å². The number of halogens is 1. The highest BCUT2D eigenvalue weighted by atomic mass is 35.5. The molecule has 1 amide bonds. The molecule has 0 bridgehead atoms. The molecule has 1 unspecified atom stereocenters. The van der Waals surface area contributed by atoms with Crippen molar-refractivity contribution >= 4 is 23.3 Å². The van der Waals surface area contributed by atoms with Crippen molar-refractivity contribution < 1.29 is 9.21 Å². The van der Waals surface area contributed by atoms with Crippen LogP contribution in [-0.2, 0) is 0 Å². The van der Waals surface area contributed by atoms with Crippen molar-refractivity contribution in [1.82, 2.24) is 9.88 Å². The van der Waals surface area contributed by atoms with Crippen molar-refractivity contribution in [2.24, 2.45) is 0 Å². The average molecular weight is 334 g/mol. The van der Waals surface area contributed by atoms with Crippen molar-refractivity contribution in [3.8, 4) is 0 Å². The number of hydrogen-bond donors (Lipinski definition) is 1. The summed E-state index contributed by atoms with van der Waals surface area (Å²) >= 11 is 6.29. The molecule has 23 heavy (non-hydrogen) atoms. The number of carbonyl (C=O) groups excluding carboxylic acids is 1. The molecule has 2 aromatic heterocycles. The molecular formula is C17H20ClN3O2. The molecule has 1 atom stereocenters. The molecule has 3 rings (SSSR count). The standard InChI is InChI=1S/C17H20ClN3O2/c1-12(15-6-5-9-23-15)20-16-14(18)10-13(11-19-16)17(22)21-7-3-2-4-8-21/h5-6,9-12H,2-4,7-8H2,1H3,(H,19,20). The van der Waals surface area contributed by atoms with E-state index in [9.17, 15) is 4.79 Å². The molecule has 0 aromatic carbocycles. The fourth-order valence-corrected chi connectivity index (χ4v) is 2.98. The number of amides is 1. The van der Waals surface area contributed by atoms with Gasteiger partial charge in [-0.2, -0.15) is 0 Å². The molecule has 6 heteroatoms. The largest absolute Gasteiger partial charge is 0.467 e. The highest BCUT2D eigenvalue weighted by molar-refractivity contribution is 6.33. The molecule has 1 saturated heterocycles. The normalized spacial score (nSPS) is 16.2. The summed E-state index contributed by atoms with van der Waals surface area (Å²) in [6.45, 7) is 3.58. The maximum Gasteiger partial charge on any atom is 0.255 e. The first-order valence-electron chi connectivity index (χ1n) is 7.90. The van der Waals surface area contributed by atoms with Gasteiger partial charge in [0.15, 0.2) is 0 Å². The first-order valence-corrected chi connectivity index (χ1v) is 8.27. The van der Waals surface area contributed by atoms with E-state index in [4.69, 9.17) is 16.0 Å². The number of furan rings is 1. The Morgan fingerprint density at radius 3 is 2.83 bits per heavy atom. The van der Waals surface area contributed by atoms with Gasteiger partial charge < -0.3 is 14.6 Å². The van der Waals surface area contributed by atoms with Crippen LogP contribution < -0.4 is 5.32 Å². The zero-order valence-corrected chi connectivity index (χ0v) is 13.8. The first kappa shape index (κ1) is 15.9. The number of carbonyl (C=O) groups is 1. The van der Waals surface area contributed by atoms with E-state index >= 15 is 0 Å². The average Bonchev–Trinajstić information content (AvgIpc) is 3.11. The minimum absolute atomic E-state index is 0.00438. The van der Waals surface area contributed by atoms with E-state index in [-0.39, 0.29) is 11.9 Å². The van der Waals surface area contributed by atoms with E-state index in [1.165, 1.54) is 6.42 Å². The van der Waals surface area contributed by atoms with Gasteiger partial charge in [0.1, 0.15) is 11.6 Å². The van der Waals surface area contributed by atoms with Crippen LogP contribution in [0.15, 0.2) is 35.1 Å². The highest BCUT2D eigenvalue weighted by Gasteiger charge is 2.20. The summed E-state index contributed by atoms with van der Waals surface area (Å²) in [4.78, 5) is 18.6. The van der Waals surface area contributed by atoms with Crippen LogP contribution in [0.4, 0.5) is 5.82 Å². The van der Waals surface area contributed by atoms with E-state index in [1.54, 1.807) is 18.5 Å². The number of aromatic nitrogens is 1. The van der Waals surface area contributed by atoms with E-state index in [1.807, 2.05) is 24.0 Å². The van der Waals surface area contributed by atoms with Crippen LogP contribution in [0.3, 0.4) is 0 Å². The summed E-state index contributed by atoms with van der Waals surface area (Å²) in [5, 5.41) is 3.63. The Labute approximate surface area is 140 Å². The minimum Gasteiger partial charge on any atom is -0.467 e. The lowest BCUT2D eigenvalue weighted by Crippen LogP contribution is -2.35. The fraction of sp³-hybridized carbons (Fsp3) is 0.412. The van der Waals surface area contributed by atoms with E-state index < -0.39 is 0 Å². The molecule has 2 aromatic rings.